The van der Waals surface area contributed by atoms with E-state index in [4.69, 9.17) is 11.6 Å². The highest BCUT2D eigenvalue weighted by atomic mass is 35.5. The third-order valence-corrected chi connectivity index (χ3v) is 2.83. The van der Waals surface area contributed by atoms with Crippen molar-refractivity contribution in [2.24, 2.45) is 0 Å². The predicted octanol–water partition coefficient (Wildman–Crippen LogP) is 4.15. The second kappa shape index (κ2) is 4.19. The molecule has 0 aliphatic rings. The molecule has 2 heteroatoms. The summed E-state index contributed by atoms with van der Waals surface area (Å²) in [6.07, 6.45) is 2.23. The molecule has 0 N–H and O–H groups in total. The molecule has 1 nitrogen and oxygen atoms in total. The van der Waals surface area contributed by atoms with Crippen LogP contribution in [0.4, 0.5) is 0 Å². The van der Waals surface area contributed by atoms with Crippen LogP contribution < -0.4 is 0 Å². The molecule has 1 heterocycles. The van der Waals surface area contributed by atoms with Crippen LogP contribution in [-0.2, 0) is 6.42 Å². The van der Waals surface area contributed by atoms with Crippen molar-refractivity contribution in [3.63, 3.8) is 0 Å². The van der Waals surface area contributed by atoms with Crippen LogP contribution in [0.5, 0.6) is 0 Å². The summed E-state index contributed by atoms with van der Waals surface area (Å²) in [7, 11) is 0. The normalized spacial score (nSPS) is 10.9. The first-order valence-corrected chi connectivity index (χ1v) is 5.64. The van der Waals surface area contributed by atoms with E-state index in [2.05, 4.69) is 24.9 Å². The molecule has 0 unspecified atom stereocenters. The number of hydrogen-bond donors (Lipinski definition) is 0. The summed E-state index contributed by atoms with van der Waals surface area (Å²) in [6, 6.07) is 8.03. The van der Waals surface area contributed by atoms with E-state index < -0.39 is 0 Å². The lowest BCUT2D eigenvalue weighted by molar-refractivity contribution is 0.904. The molecule has 78 valence electrons. The molecule has 0 saturated carbocycles. The van der Waals surface area contributed by atoms with Gasteiger partial charge in [0.2, 0.25) is 0 Å². The minimum Gasteiger partial charge on any atom is -0.253 e. The van der Waals surface area contributed by atoms with Crippen molar-refractivity contribution >= 4 is 22.5 Å². The van der Waals surface area contributed by atoms with Crippen LogP contribution in [0.1, 0.15) is 24.6 Å². The van der Waals surface area contributed by atoms with E-state index in [0.29, 0.717) is 0 Å². The van der Waals surface area contributed by atoms with E-state index in [9.17, 15) is 0 Å². The van der Waals surface area contributed by atoms with Crippen LogP contribution in [0.3, 0.4) is 0 Å². The lowest BCUT2D eigenvalue weighted by Gasteiger charge is -2.06. The summed E-state index contributed by atoms with van der Waals surface area (Å²) in [5, 5.41) is 1.91. The molecular formula is C13H14ClN. The number of halogens is 1. The molecule has 0 fully saturated rings. The van der Waals surface area contributed by atoms with E-state index in [1.54, 1.807) is 0 Å². The number of pyridine rings is 1. The Morgan fingerprint density at radius 3 is 2.80 bits per heavy atom. The molecule has 1 aromatic carbocycles. The van der Waals surface area contributed by atoms with Crippen molar-refractivity contribution in [3.8, 4) is 0 Å². The molecule has 0 radical (unpaired) electrons. The maximum Gasteiger partial charge on any atom is 0.0706 e. The van der Waals surface area contributed by atoms with Crippen molar-refractivity contribution in [2.75, 3.05) is 0 Å². The quantitative estimate of drug-likeness (QED) is 0.740. The summed E-state index contributed by atoms with van der Waals surface area (Å²) in [4.78, 5) is 4.58. The average Bonchev–Trinajstić information content (AvgIpc) is 2.20. The maximum absolute atomic E-state index is 5.96. The first-order valence-electron chi connectivity index (χ1n) is 5.26. The molecule has 0 amide bonds. The average molecular weight is 220 g/mol. The van der Waals surface area contributed by atoms with Gasteiger partial charge < -0.3 is 0 Å². The molecule has 0 saturated heterocycles. The number of aryl methyl sites for hydroxylation is 2. The van der Waals surface area contributed by atoms with Crippen LogP contribution in [0.15, 0.2) is 24.3 Å². The van der Waals surface area contributed by atoms with Gasteiger partial charge in [-0.1, -0.05) is 24.9 Å². The Kier molecular flexibility index (Phi) is 2.92. The first-order chi connectivity index (χ1) is 7.20. The van der Waals surface area contributed by atoms with Gasteiger partial charge in [0, 0.05) is 16.1 Å². The van der Waals surface area contributed by atoms with Gasteiger partial charge in [-0.25, -0.2) is 0 Å². The highest BCUT2D eigenvalue weighted by molar-refractivity contribution is 6.31. The molecule has 0 aliphatic carbocycles. The Labute approximate surface area is 95.1 Å². The van der Waals surface area contributed by atoms with Gasteiger partial charge in [0.1, 0.15) is 0 Å². The Balaban J connectivity index is 2.61. The maximum atomic E-state index is 5.96. The minimum absolute atomic E-state index is 0.774. The number of hydrogen-bond acceptors (Lipinski definition) is 1. The largest absolute Gasteiger partial charge is 0.253 e. The fourth-order valence-corrected chi connectivity index (χ4v) is 1.99. The molecular weight excluding hydrogens is 206 g/mol. The van der Waals surface area contributed by atoms with Gasteiger partial charge in [0.05, 0.1) is 5.52 Å². The summed E-state index contributed by atoms with van der Waals surface area (Å²) in [5.74, 6) is 0. The van der Waals surface area contributed by atoms with Crippen molar-refractivity contribution in [1.82, 2.24) is 4.98 Å². The Morgan fingerprint density at radius 2 is 2.07 bits per heavy atom. The molecule has 2 aromatic rings. The van der Waals surface area contributed by atoms with E-state index in [0.717, 1.165) is 34.5 Å². The highest BCUT2D eigenvalue weighted by Crippen LogP contribution is 2.21. The number of aromatic nitrogens is 1. The summed E-state index contributed by atoms with van der Waals surface area (Å²) < 4.78 is 0. The van der Waals surface area contributed by atoms with Gasteiger partial charge >= 0.3 is 0 Å². The van der Waals surface area contributed by atoms with E-state index in [1.807, 2.05) is 18.2 Å². The van der Waals surface area contributed by atoms with Crippen molar-refractivity contribution in [3.05, 3.63) is 40.5 Å². The van der Waals surface area contributed by atoms with Gasteiger partial charge in [-0.2, -0.15) is 0 Å². The Hall–Kier alpha value is -1.08. The van der Waals surface area contributed by atoms with Crippen molar-refractivity contribution in [1.29, 1.82) is 0 Å². The zero-order valence-electron chi connectivity index (χ0n) is 9.05. The van der Waals surface area contributed by atoms with Crippen molar-refractivity contribution in [2.45, 2.75) is 26.7 Å². The molecule has 1 aromatic heterocycles. The molecule has 0 atom stereocenters. The van der Waals surface area contributed by atoms with E-state index in [1.165, 1.54) is 5.56 Å². The Bertz CT molecular complexity index is 491. The van der Waals surface area contributed by atoms with Crippen LogP contribution >= 0.6 is 11.6 Å². The van der Waals surface area contributed by atoms with Crippen LogP contribution in [0, 0.1) is 6.92 Å². The van der Waals surface area contributed by atoms with Crippen LogP contribution in [-0.4, -0.2) is 4.98 Å². The predicted molar refractivity (Wildman–Crippen MR) is 65.5 cm³/mol. The van der Waals surface area contributed by atoms with E-state index in [-0.39, 0.29) is 0 Å². The zero-order valence-corrected chi connectivity index (χ0v) is 9.80. The minimum atomic E-state index is 0.774. The summed E-state index contributed by atoms with van der Waals surface area (Å²) in [6.45, 7) is 4.25. The second-order valence-corrected chi connectivity index (χ2v) is 4.26. The van der Waals surface area contributed by atoms with Crippen molar-refractivity contribution < 1.29 is 0 Å². The summed E-state index contributed by atoms with van der Waals surface area (Å²) >= 11 is 5.96. The fourth-order valence-electron chi connectivity index (χ4n) is 1.81. The molecule has 15 heavy (non-hydrogen) atoms. The van der Waals surface area contributed by atoms with Gasteiger partial charge in [-0.15, -0.1) is 0 Å². The third-order valence-electron chi connectivity index (χ3n) is 2.59. The number of benzene rings is 1. The lowest BCUT2D eigenvalue weighted by Crippen LogP contribution is -1.93. The van der Waals surface area contributed by atoms with E-state index >= 15 is 0 Å². The fraction of sp³-hybridized carbons (Fsp3) is 0.308. The van der Waals surface area contributed by atoms with Gasteiger partial charge in [-0.05, 0) is 43.2 Å². The zero-order chi connectivity index (χ0) is 10.8. The Morgan fingerprint density at radius 1 is 1.27 bits per heavy atom. The molecule has 2 rings (SSSR count). The monoisotopic (exact) mass is 219 g/mol. The number of nitrogens with zero attached hydrogens (tertiary/aromatic N) is 1. The smallest absolute Gasteiger partial charge is 0.0706 e. The highest BCUT2D eigenvalue weighted by Gasteiger charge is 2.02. The molecule has 0 aliphatic heterocycles. The topological polar surface area (TPSA) is 12.9 Å². The molecule has 0 bridgehead atoms. The lowest BCUT2D eigenvalue weighted by atomic mass is 10.1. The third kappa shape index (κ3) is 2.13. The standard InChI is InChI=1S/C13H14ClN/c1-3-4-10-7-11-8-12(14)5-6-13(11)15-9(10)2/h5-8H,3-4H2,1-2H3. The van der Waals surface area contributed by atoms with Gasteiger partial charge in [-0.3, -0.25) is 4.98 Å². The van der Waals surface area contributed by atoms with Gasteiger partial charge in [0.25, 0.3) is 0 Å². The molecule has 0 spiro atoms. The van der Waals surface area contributed by atoms with Crippen LogP contribution in [0.2, 0.25) is 5.02 Å². The van der Waals surface area contributed by atoms with Crippen LogP contribution in [0.25, 0.3) is 10.9 Å². The SMILES string of the molecule is CCCc1cc2cc(Cl)ccc2nc1C. The van der Waals surface area contributed by atoms with Gasteiger partial charge in [0.15, 0.2) is 0 Å². The second-order valence-electron chi connectivity index (χ2n) is 3.82. The first kappa shape index (κ1) is 10.4. The number of fused-ring (bicyclic) bond motifs is 1. The summed E-state index contributed by atoms with van der Waals surface area (Å²) in [5.41, 5.74) is 3.48. The number of rotatable bonds is 2.